The lowest BCUT2D eigenvalue weighted by Crippen LogP contribution is -2.30. The molecule has 1 aliphatic heterocycles. The highest BCUT2D eigenvalue weighted by molar-refractivity contribution is 7.91. The van der Waals surface area contributed by atoms with Crippen LogP contribution in [-0.2, 0) is 9.84 Å². The number of carbonyl (C=O) groups is 1. The van der Waals surface area contributed by atoms with Crippen molar-refractivity contribution in [2.75, 3.05) is 18.1 Å². The molecule has 1 atom stereocenters. The fourth-order valence-corrected chi connectivity index (χ4v) is 6.46. The molecule has 0 saturated carbocycles. The van der Waals surface area contributed by atoms with E-state index in [2.05, 4.69) is 15.5 Å². The molecule has 3 aromatic rings. The third kappa shape index (κ3) is 3.56. The third-order valence-corrected chi connectivity index (χ3v) is 7.86. The highest BCUT2D eigenvalue weighted by Gasteiger charge is 2.28. The molecule has 1 N–H and O–H groups in total. The maximum atomic E-state index is 12.9. The number of rotatable bonds is 4. The number of hydrogen-bond acceptors (Lipinski definition) is 7. The number of hydrogen-bond donors (Lipinski definition) is 1. The lowest BCUT2D eigenvalue weighted by atomic mass is 10.0. The van der Waals surface area contributed by atoms with Crippen molar-refractivity contribution in [2.24, 2.45) is 5.92 Å². The number of fused-ring (bicyclic) bond motifs is 1. The molecule has 1 amide bonds. The van der Waals surface area contributed by atoms with E-state index in [1.807, 2.05) is 19.9 Å². The molecule has 3 aromatic heterocycles. The van der Waals surface area contributed by atoms with Crippen LogP contribution in [0.4, 0.5) is 0 Å². The molecule has 1 fully saturated rings. The van der Waals surface area contributed by atoms with Crippen molar-refractivity contribution < 1.29 is 17.7 Å². The quantitative estimate of drug-likeness (QED) is 0.697. The summed E-state index contributed by atoms with van der Waals surface area (Å²) in [5, 5.41) is 7.44. The molecule has 148 valence electrons. The first-order chi connectivity index (χ1) is 13.2. The van der Waals surface area contributed by atoms with Crippen LogP contribution in [0.3, 0.4) is 0 Å². The highest BCUT2D eigenvalue weighted by Crippen LogP contribution is 2.32. The lowest BCUT2D eigenvalue weighted by Gasteiger charge is -2.11. The second-order valence-corrected chi connectivity index (χ2v) is 11.0. The number of sulfone groups is 1. The number of nitrogens with one attached hydrogen (secondary N) is 1. The van der Waals surface area contributed by atoms with E-state index in [9.17, 15) is 13.2 Å². The average Bonchev–Trinajstić information content (AvgIpc) is 3.29. The summed E-state index contributed by atoms with van der Waals surface area (Å²) < 4.78 is 28.6. The van der Waals surface area contributed by atoms with Gasteiger partial charge < -0.3 is 9.84 Å². The summed E-state index contributed by atoms with van der Waals surface area (Å²) in [5.41, 5.74) is 3.00. The van der Waals surface area contributed by atoms with Crippen LogP contribution in [0.2, 0.25) is 0 Å². The molecule has 0 bridgehead atoms. The van der Waals surface area contributed by atoms with Crippen LogP contribution in [0.5, 0.6) is 0 Å². The number of aromatic nitrogens is 2. The Labute approximate surface area is 167 Å². The molecule has 1 unspecified atom stereocenters. The molecular formula is C19H21N3O4S2. The summed E-state index contributed by atoms with van der Waals surface area (Å²) >= 11 is 1.67. The van der Waals surface area contributed by atoms with Gasteiger partial charge in [-0.15, -0.1) is 11.3 Å². The van der Waals surface area contributed by atoms with E-state index < -0.39 is 9.84 Å². The Morgan fingerprint density at radius 2 is 2.11 bits per heavy atom. The molecular weight excluding hydrogens is 398 g/mol. The predicted octanol–water partition coefficient (Wildman–Crippen LogP) is 3.04. The van der Waals surface area contributed by atoms with Gasteiger partial charge in [0.2, 0.25) is 0 Å². The Morgan fingerprint density at radius 3 is 2.75 bits per heavy atom. The normalized spacial score (nSPS) is 18.6. The number of nitrogens with zero attached hydrogens (tertiary/aromatic N) is 2. The van der Waals surface area contributed by atoms with E-state index in [4.69, 9.17) is 4.52 Å². The van der Waals surface area contributed by atoms with Gasteiger partial charge in [-0.25, -0.2) is 13.4 Å². The number of amides is 1. The van der Waals surface area contributed by atoms with Gasteiger partial charge in [0.05, 0.1) is 33.8 Å². The maximum Gasteiger partial charge on any atom is 0.259 e. The van der Waals surface area contributed by atoms with Gasteiger partial charge in [0.1, 0.15) is 0 Å². The number of pyridine rings is 1. The predicted molar refractivity (Wildman–Crippen MR) is 108 cm³/mol. The second-order valence-electron chi connectivity index (χ2n) is 7.31. The van der Waals surface area contributed by atoms with Crippen LogP contribution < -0.4 is 5.32 Å². The van der Waals surface area contributed by atoms with E-state index in [0.29, 0.717) is 41.0 Å². The Kier molecular flexibility index (Phi) is 4.75. The molecule has 0 aliphatic carbocycles. The van der Waals surface area contributed by atoms with Crippen molar-refractivity contribution in [3.63, 3.8) is 0 Å². The summed E-state index contributed by atoms with van der Waals surface area (Å²) in [7, 11) is -2.97. The summed E-state index contributed by atoms with van der Waals surface area (Å²) in [5.74, 6) is 0.00724. The number of aryl methyl sites for hydroxylation is 3. The maximum absolute atomic E-state index is 12.9. The zero-order chi connectivity index (χ0) is 20.1. The summed E-state index contributed by atoms with van der Waals surface area (Å²) in [6.07, 6.45) is 0.583. The Balaban J connectivity index is 1.68. The standard InChI is InChI=1S/C19H21N3O4S2/c1-10-6-14(12(3)27-10)16-7-15(17-11(2)22-26-19(17)21-16)18(23)20-8-13-4-5-28(24,25)9-13/h6-7,13H,4-5,8-9H2,1-3H3,(H,20,23). The van der Waals surface area contributed by atoms with Crippen LogP contribution in [0.15, 0.2) is 16.7 Å². The smallest absolute Gasteiger partial charge is 0.259 e. The average molecular weight is 420 g/mol. The van der Waals surface area contributed by atoms with E-state index in [1.165, 1.54) is 0 Å². The highest BCUT2D eigenvalue weighted by atomic mass is 32.2. The zero-order valence-electron chi connectivity index (χ0n) is 15.9. The van der Waals surface area contributed by atoms with Crippen LogP contribution >= 0.6 is 11.3 Å². The molecule has 4 rings (SSSR count). The monoisotopic (exact) mass is 419 g/mol. The molecule has 0 aromatic carbocycles. The van der Waals surface area contributed by atoms with Gasteiger partial charge in [0.25, 0.3) is 11.6 Å². The summed E-state index contributed by atoms with van der Waals surface area (Å²) in [4.78, 5) is 19.8. The molecule has 28 heavy (non-hydrogen) atoms. The second kappa shape index (κ2) is 6.97. The molecule has 7 nitrogen and oxygen atoms in total. The van der Waals surface area contributed by atoms with Gasteiger partial charge in [0.15, 0.2) is 9.84 Å². The SMILES string of the molecule is Cc1cc(-c2cc(C(=O)NCC3CCS(=O)(=O)C3)c3c(C)noc3n2)c(C)s1. The molecule has 0 spiro atoms. The lowest BCUT2D eigenvalue weighted by molar-refractivity contribution is 0.0950. The van der Waals surface area contributed by atoms with E-state index in [1.54, 1.807) is 24.3 Å². The third-order valence-electron chi connectivity index (χ3n) is 5.06. The van der Waals surface area contributed by atoms with Crippen molar-refractivity contribution >= 4 is 38.2 Å². The Bertz CT molecular complexity index is 1180. The van der Waals surface area contributed by atoms with E-state index in [-0.39, 0.29) is 23.3 Å². The van der Waals surface area contributed by atoms with Gasteiger partial charge in [-0.1, -0.05) is 5.16 Å². The molecule has 9 heteroatoms. The largest absolute Gasteiger partial charge is 0.352 e. The van der Waals surface area contributed by atoms with Crippen LogP contribution in [0.1, 0.15) is 32.2 Å². The zero-order valence-corrected chi connectivity index (χ0v) is 17.5. The van der Waals surface area contributed by atoms with Gasteiger partial charge >= 0.3 is 0 Å². The van der Waals surface area contributed by atoms with Crippen molar-refractivity contribution in [3.8, 4) is 11.3 Å². The molecule has 0 radical (unpaired) electrons. The topological polar surface area (TPSA) is 102 Å². The summed E-state index contributed by atoms with van der Waals surface area (Å²) in [6.45, 7) is 6.15. The van der Waals surface area contributed by atoms with Crippen molar-refractivity contribution in [1.29, 1.82) is 0 Å². The van der Waals surface area contributed by atoms with Crippen molar-refractivity contribution in [3.05, 3.63) is 33.1 Å². The first-order valence-corrected chi connectivity index (χ1v) is 11.7. The van der Waals surface area contributed by atoms with Crippen LogP contribution in [0.25, 0.3) is 22.4 Å². The minimum atomic E-state index is -2.97. The van der Waals surface area contributed by atoms with Gasteiger partial charge in [-0.2, -0.15) is 0 Å². The molecule has 4 heterocycles. The van der Waals surface area contributed by atoms with Crippen molar-refractivity contribution in [1.82, 2.24) is 15.5 Å². The molecule has 1 saturated heterocycles. The van der Waals surface area contributed by atoms with Gasteiger partial charge in [0, 0.05) is 21.9 Å². The van der Waals surface area contributed by atoms with Gasteiger partial charge in [-0.05, 0) is 45.2 Å². The van der Waals surface area contributed by atoms with Crippen LogP contribution in [-0.4, -0.2) is 42.5 Å². The van der Waals surface area contributed by atoms with Crippen molar-refractivity contribution in [2.45, 2.75) is 27.2 Å². The fourth-order valence-electron chi connectivity index (χ4n) is 3.66. The summed E-state index contributed by atoms with van der Waals surface area (Å²) in [6, 6.07) is 3.81. The Hall–Kier alpha value is -2.26. The number of thiophene rings is 1. The minimum absolute atomic E-state index is 0.0453. The van der Waals surface area contributed by atoms with E-state index >= 15 is 0 Å². The first-order valence-electron chi connectivity index (χ1n) is 9.06. The van der Waals surface area contributed by atoms with Crippen LogP contribution in [0, 0.1) is 26.7 Å². The molecule has 1 aliphatic rings. The minimum Gasteiger partial charge on any atom is -0.352 e. The first kappa shape index (κ1) is 19.1. The number of carbonyl (C=O) groups excluding carboxylic acids is 1. The fraction of sp³-hybridized carbons (Fsp3) is 0.421. The van der Waals surface area contributed by atoms with Gasteiger partial charge in [-0.3, -0.25) is 4.79 Å². The van der Waals surface area contributed by atoms with E-state index in [0.717, 1.165) is 15.3 Å². The Morgan fingerprint density at radius 1 is 1.32 bits per heavy atom.